The van der Waals surface area contributed by atoms with Crippen LogP contribution in [0.2, 0.25) is 0 Å². The molecule has 0 atom stereocenters. The van der Waals surface area contributed by atoms with E-state index in [4.69, 9.17) is 4.74 Å². The predicted octanol–water partition coefficient (Wildman–Crippen LogP) is 3.87. The maximum atomic E-state index is 12.3. The highest BCUT2D eigenvalue weighted by Crippen LogP contribution is 2.27. The van der Waals surface area contributed by atoms with Crippen LogP contribution in [0, 0.1) is 0 Å². The number of halogens is 3. The molecule has 18 heavy (non-hydrogen) atoms. The quantitative estimate of drug-likeness (QED) is 0.715. The van der Waals surface area contributed by atoms with Gasteiger partial charge in [0.2, 0.25) is 0 Å². The van der Waals surface area contributed by atoms with E-state index in [0.717, 1.165) is 0 Å². The molecular weight excluding hydrogens is 432 g/mol. The Bertz CT molecular complexity index is 593. The van der Waals surface area contributed by atoms with Gasteiger partial charge in [0, 0.05) is 5.56 Å². The van der Waals surface area contributed by atoms with Crippen molar-refractivity contribution in [2.45, 2.75) is 0 Å². The largest absolute Gasteiger partial charge is 0.497 e. The molecule has 94 valence electrons. The van der Waals surface area contributed by atoms with Gasteiger partial charge in [-0.3, -0.25) is 4.79 Å². The number of hydrogen-bond acceptors (Lipinski definition) is 3. The average Bonchev–Trinajstić information content (AvgIpc) is 2.63. The van der Waals surface area contributed by atoms with Crippen LogP contribution in [0.5, 0.6) is 5.75 Å². The number of hydrogen-bond donors (Lipinski definition) is 0. The third-order valence-corrected chi connectivity index (χ3v) is 4.63. The van der Waals surface area contributed by atoms with Gasteiger partial charge in [0.25, 0.3) is 5.91 Å². The van der Waals surface area contributed by atoms with Crippen molar-refractivity contribution < 1.29 is 9.53 Å². The molecule has 7 heteroatoms. The van der Waals surface area contributed by atoms with Crippen molar-refractivity contribution in [2.75, 3.05) is 7.11 Å². The Morgan fingerprint density at radius 3 is 2.28 bits per heavy atom. The van der Waals surface area contributed by atoms with Crippen molar-refractivity contribution in [3.63, 3.8) is 0 Å². The summed E-state index contributed by atoms with van der Waals surface area (Å²) in [6, 6.07) is 6.88. The molecule has 1 aromatic heterocycles. The summed E-state index contributed by atoms with van der Waals surface area (Å²) in [7, 11) is 1.58. The lowest BCUT2D eigenvalue weighted by atomic mass is 10.2. The highest BCUT2D eigenvalue weighted by molar-refractivity contribution is 9.13. The summed E-state index contributed by atoms with van der Waals surface area (Å²) in [6.07, 6.45) is 0. The minimum absolute atomic E-state index is 0.186. The molecule has 0 unspecified atom stereocenters. The van der Waals surface area contributed by atoms with Crippen LogP contribution < -0.4 is 4.74 Å². The maximum absolute atomic E-state index is 12.3. The molecule has 1 heterocycles. The molecule has 0 bridgehead atoms. The minimum atomic E-state index is -0.186. The normalized spacial score (nSPS) is 10.4. The predicted molar refractivity (Wildman–Crippen MR) is 78.0 cm³/mol. The number of aromatic nitrogens is 2. The maximum Gasteiger partial charge on any atom is 0.264 e. The van der Waals surface area contributed by atoms with Gasteiger partial charge < -0.3 is 4.74 Å². The number of carbonyl (C=O) groups excluding carboxylic acids is 1. The molecule has 0 aliphatic carbocycles. The Labute approximate surface area is 129 Å². The van der Waals surface area contributed by atoms with Crippen LogP contribution in [0.3, 0.4) is 0 Å². The van der Waals surface area contributed by atoms with Crippen molar-refractivity contribution in [2.24, 2.45) is 0 Å². The van der Waals surface area contributed by atoms with Crippen LogP contribution >= 0.6 is 47.8 Å². The summed E-state index contributed by atoms with van der Waals surface area (Å²) in [4.78, 5) is 16.4. The smallest absolute Gasteiger partial charge is 0.264 e. The summed E-state index contributed by atoms with van der Waals surface area (Å²) >= 11 is 9.79. The molecule has 1 aromatic carbocycles. The molecule has 0 aliphatic heterocycles. The zero-order chi connectivity index (χ0) is 13.3. The first-order chi connectivity index (χ1) is 8.54. The molecule has 0 spiro atoms. The Morgan fingerprint density at radius 1 is 1.22 bits per heavy atom. The Hall–Kier alpha value is -0.660. The van der Waals surface area contributed by atoms with Crippen molar-refractivity contribution in [3.8, 4) is 5.75 Å². The Morgan fingerprint density at radius 2 is 1.83 bits per heavy atom. The van der Waals surface area contributed by atoms with E-state index in [1.807, 2.05) is 0 Å². The van der Waals surface area contributed by atoms with Crippen LogP contribution in [-0.4, -0.2) is 22.6 Å². The third kappa shape index (κ3) is 2.53. The van der Waals surface area contributed by atoms with Crippen molar-refractivity contribution >= 4 is 53.7 Å². The van der Waals surface area contributed by atoms with Gasteiger partial charge in [0.1, 0.15) is 15.0 Å². The number of ether oxygens (including phenoxy) is 1. The fraction of sp³-hybridized carbons (Fsp3) is 0.0909. The van der Waals surface area contributed by atoms with Crippen molar-refractivity contribution in [1.29, 1.82) is 0 Å². The summed E-state index contributed by atoms with van der Waals surface area (Å²) in [5.74, 6) is 0.520. The van der Waals surface area contributed by atoms with Gasteiger partial charge in [0.05, 0.1) is 7.11 Å². The molecule has 0 saturated carbocycles. The fourth-order valence-electron chi connectivity index (χ4n) is 1.39. The Balaban J connectivity index is 2.41. The topological polar surface area (TPSA) is 44.1 Å². The third-order valence-electron chi connectivity index (χ3n) is 2.28. The second-order valence-corrected chi connectivity index (χ2v) is 5.54. The fourth-order valence-corrected chi connectivity index (χ4v) is 3.14. The van der Waals surface area contributed by atoms with Gasteiger partial charge in [-0.25, -0.2) is 9.55 Å². The molecular formula is C11H7Br3N2O2. The summed E-state index contributed by atoms with van der Waals surface area (Å²) in [6.45, 7) is 0. The molecule has 2 rings (SSSR count). The van der Waals surface area contributed by atoms with E-state index in [-0.39, 0.29) is 5.91 Å². The number of carbonyl (C=O) groups is 1. The summed E-state index contributed by atoms with van der Waals surface area (Å²) in [5, 5.41) is 0. The molecule has 0 amide bonds. The monoisotopic (exact) mass is 436 g/mol. The molecule has 0 saturated heterocycles. The van der Waals surface area contributed by atoms with E-state index in [0.29, 0.717) is 25.3 Å². The van der Waals surface area contributed by atoms with E-state index in [2.05, 4.69) is 52.8 Å². The zero-order valence-electron chi connectivity index (χ0n) is 9.15. The molecule has 0 fully saturated rings. The average molecular weight is 439 g/mol. The van der Waals surface area contributed by atoms with Crippen molar-refractivity contribution in [3.05, 3.63) is 43.8 Å². The highest BCUT2D eigenvalue weighted by atomic mass is 79.9. The van der Waals surface area contributed by atoms with Crippen LogP contribution in [0.4, 0.5) is 0 Å². The van der Waals surface area contributed by atoms with E-state index < -0.39 is 0 Å². The number of nitrogens with zero attached hydrogens (tertiary/aromatic N) is 2. The lowest BCUT2D eigenvalue weighted by molar-refractivity contribution is 0.0955. The summed E-state index contributed by atoms with van der Waals surface area (Å²) in [5.41, 5.74) is 0.544. The lowest BCUT2D eigenvalue weighted by Crippen LogP contribution is -2.12. The number of benzene rings is 1. The van der Waals surface area contributed by atoms with Gasteiger partial charge in [-0.1, -0.05) is 0 Å². The number of rotatable bonds is 2. The van der Waals surface area contributed by atoms with Gasteiger partial charge in [-0.15, -0.1) is 0 Å². The minimum Gasteiger partial charge on any atom is -0.497 e. The molecule has 2 aromatic rings. The highest BCUT2D eigenvalue weighted by Gasteiger charge is 2.18. The standard InChI is InChI=1S/C11H7Br3N2O2/c1-18-7-4-2-6(3-5-7)10(17)16-9(13)8(12)15-11(16)14/h2-5H,1H3. The van der Waals surface area contributed by atoms with Gasteiger partial charge in [-0.05, 0) is 72.1 Å². The van der Waals surface area contributed by atoms with E-state index in [9.17, 15) is 4.79 Å². The number of methoxy groups -OCH3 is 1. The van der Waals surface area contributed by atoms with Gasteiger partial charge in [0.15, 0.2) is 4.73 Å². The van der Waals surface area contributed by atoms with Crippen molar-refractivity contribution in [1.82, 2.24) is 9.55 Å². The van der Waals surface area contributed by atoms with E-state index >= 15 is 0 Å². The lowest BCUT2D eigenvalue weighted by Gasteiger charge is -2.05. The van der Waals surface area contributed by atoms with Gasteiger partial charge in [-0.2, -0.15) is 0 Å². The molecule has 0 aliphatic rings. The van der Waals surface area contributed by atoms with E-state index in [1.165, 1.54) is 4.57 Å². The van der Waals surface area contributed by atoms with Crippen LogP contribution in [0.15, 0.2) is 38.2 Å². The van der Waals surface area contributed by atoms with Crippen LogP contribution in [-0.2, 0) is 0 Å². The molecule has 0 N–H and O–H groups in total. The second-order valence-electron chi connectivity index (χ2n) is 3.33. The number of imidazole rings is 1. The second kappa shape index (κ2) is 5.54. The first-order valence-electron chi connectivity index (χ1n) is 4.82. The Kier molecular flexibility index (Phi) is 4.24. The summed E-state index contributed by atoms with van der Waals surface area (Å²) < 4.78 is 8.04. The molecule has 0 radical (unpaired) electrons. The molecule has 4 nitrogen and oxygen atoms in total. The first kappa shape index (κ1) is 13.8. The van der Waals surface area contributed by atoms with Crippen LogP contribution in [0.1, 0.15) is 10.4 Å². The van der Waals surface area contributed by atoms with Gasteiger partial charge >= 0.3 is 0 Å². The SMILES string of the molecule is COc1ccc(C(=O)n2c(Br)nc(Br)c2Br)cc1. The first-order valence-corrected chi connectivity index (χ1v) is 7.20. The zero-order valence-corrected chi connectivity index (χ0v) is 13.9. The van der Waals surface area contributed by atoms with E-state index in [1.54, 1.807) is 31.4 Å². The van der Waals surface area contributed by atoms with Crippen LogP contribution in [0.25, 0.3) is 0 Å².